The van der Waals surface area contributed by atoms with E-state index < -0.39 is 0 Å². The zero-order chi connectivity index (χ0) is 15.4. The van der Waals surface area contributed by atoms with Crippen LogP contribution in [0.25, 0.3) is 0 Å². The number of hydrogen-bond donors (Lipinski definition) is 1. The summed E-state index contributed by atoms with van der Waals surface area (Å²) in [5.74, 6) is 0.560. The first kappa shape index (κ1) is 15.9. The smallest absolute Gasteiger partial charge is 0.139 e. The van der Waals surface area contributed by atoms with E-state index in [4.69, 9.17) is 0 Å². The Hall–Kier alpha value is -1.51. The first-order chi connectivity index (χ1) is 10.1. The average Bonchev–Trinajstić information content (AvgIpc) is 2.45. The molecule has 2 nitrogen and oxygen atoms in total. The molecule has 0 aliphatic rings. The van der Waals surface area contributed by atoms with Crippen LogP contribution in [0.1, 0.15) is 18.1 Å². The van der Waals surface area contributed by atoms with Crippen molar-refractivity contribution in [3.05, 3.63) is 51.7 Å². The summed E-state index contributed by atoms with van der Waals surface area (Å²) in [6, 6.07) is 11.0. The van der Waals surface area contributed by atoms with Gasteiger partial charge in [-0.1, -0.05) is 13.0 Å². The maximum atomic E-state index is 13.7. The fourth-order valence-electron chi connectivity index (χ4n) is 1.95. The Labute approximate surface area is 136 Å². The van der Waals surface area contributed by atoms with Crippen molar-refractivity contribution in [1.82, 2.24) is 0 Å². The van der Waals surface area contributed by atoms with Gasteiger partial charge in [-0.05, 0) is 58.4 Å². The van der Waals surface area contributed by atoms with Crippen molar-refractivity contribution in [1.29, 1.82) is 5.26 Å². The molecule has 2 rings (SSSR count). The number of thioether (sulfide) groups is 1. The highest BCUT2D eigenvalue weighted by molar-refractivity contribution is 9.10. The molecule has 5 heteroatoms. The van der Waals surface area contributed by atoms with Gasteiger partial charge in [-0.3, -0.25) is 0 Å². The fraction of sp³-hybridized carbons (Fsp3) is 0.188. The van der Waals surface area contributed by atoms with Crippen LogP contribution in [0.2, 0.25) is 0 Å². The number of benzene rings is 2. The molecule has 108 valence electrons. The van der Waals surface area contributed by atoms with E-state index in [1.807, 2.05) is 32.0 Å². The number of anilines is 2. The van der Waals surface area contributed by atoms with E-state index in [1.165, 1.54) is 6.07 Å². The Kier molecular flexibility index (Phi) is 5.27. The van der Waals surface area contributed by atoms with Gasteiger partial charge in [0.1, 0.15) is 11.9 Å². The summed E-state index contributed by atoms with van der Waals surface area (Å²) in [7, 11) is 0. The Morgan fingerprint density at radius 2 is 2.10 bits per heavy atom. The molecule has 21 heavy (non-hydrogen) atoms. The minimum absolute atomic E-state index is 0.333. The normalized spacial score (nSPS) is 10.2. The zero-order valence-corrected chi connectivity index (χ0v) is 14.1. The van der Waals surface area contributed by atoms with Gasteiger partial charge in [-0.15, -0.1) is 11.8 Å². The standard InChI is InChI=1S/C16H14BrFN2S/c1-3-21-16-6-4-5-14(11(16)9-19)20-15-8-13(18)12(17)7-10(15)2/h4-8,20H,3H2,1-2H3. The summed E-state index contributed by atoms with van der Waals surface area (Å²) in [4.78, 5) is 0.931. The van der Waals surface area contributed by atoms with Crippen LogP contribution in [-0.4, -0.2) is 5.75 Å². The zero-order valence-electron chi connectivity index (χ0n) is 11.7. The maximum absolute atomic E-state index is 13.7. The first-order valence-electron chi connectivity index (χ1n) is 6.45. The van der Waals surface area contributed by atoms with Crippen LogP contribution < -0.4 is 5.32 Å². The lowest BCUT2D eigenvalue weighted by Crippen LogP contribution is -1.98. The van der Waals surface area contributed by atoms with E-state index >= 15 is 0 Å². The minimum atomic E-state index is -0.333. The van der Waals surface area contributed by atoms with Crippen LogP contribution >= 0.6 is 27.7 Å². The van der Waals surface area contributed by atoms with Crippen LogP contribution in [-0.2, 0) is 0 Å². The number of nitrogens with zero attached hydrogens (tertiary/aromatic N) is 1. The number of rotatable bonds is 4. The third kappa shape index (κ3) is 3.58. The second-order valence-electron chi connectivity index (χ2n) is 4.43. The van der Waals surface area contributed by atoms with Gasteiger partial charge in [-0.25, -0.2) is 4.39 Å². The van der Waals surface area contributed by atoms with Crippen molar-refractivity contribution in [3.8, 4) is 6.07 Å². The molecule has 0 saturated carbocycles. The Bertz CT molecular complexity index is 710. The third-order valence-corrected chi connectivity index (χ3v) is 4.52. The van der Waals surface area contributed by atoms with E-state index in [0.717, 1.165) is 16.2 Å². The molecule has 0 aliphatic heterocycles. The summed E-state index contributed by atoms with van der Waals surface area (Å²) in [5.41, 5.74) is 2.85. The molecule has 0 amide bonds. The molecule has 0 atom stereocenters. The molecule has 1 N–H and O–H groups in total. The first-order valence-corrected chi connectivity index (χ1v) is 8.23. The van der Waals surface area contributed by atoms with Crippen LogP contribution in [0.5, 0.6) is 0 Å². The SMILES string of the molecule is CCSc1cccc(Nc2cc(F)c(Br)cc2C)c1C#N. The van der Waals surface area contributed by atoms with Crippen LogP contribution in [0, 0.1) is 24.1 Å². The molecule has 0 spiro atoms. The van der Waals surface area contributed by atoms with Gasteiger partial charge in [0.05, 0.1) is 15.7 Å². The van der Waals surface area contributed by atoms with Gasteiger partial charge in [0.25, 0.3) is 0 Å². The lowest BCUT2D eigenvalue weighted by Gasteiger charge is -2.13. The predicted octanol–water partition coefficient (Wildman–Crippen LogP) is 5.62. The van der Waals surface area contributed by atoms with E-state index in [9.17, 15) is 9.65 Å². The number of nitriles is 1. The molecule has 0 bridgehead atoms. The Balaban J connectivity index is 2.43. The van der Waals surface area contributed by atoms with E-state index in [0.29, 0.717) is 21.4 Å². The number of hydrogen-bond acceptors (Lipinski definition) is 3. The second-order valence-corrected chi connectivity index (χ2v) is 6.59. The molecule has 2 aromatic carbocycles. The second kappa shape index (κ2) is 6.97. The van der Waals surface area contributed by atoms with Gasteiger partial charge in [0.15, 0.2) is 0 Å². The number of halogens is 2. The summed E-state index contributed by atoms with van der Waals surface area (Å²) in [6.07, 6.45) is 0. The molecule has 0 radical (unpaired) electrons. The van der Waals surface area contributed by atoms with Gasteiger partial charge in [-0.2, -0.15) is 5.26 Å². The van der Waals surface area contributed by atoms with E-state index in [-0.39, 0.29) is 5.82 Å². The van der Waals surface area contributed by atoms with Gasteiger partial charge in [0, 0.05) is 10.6 Å². The molecule has 0 aromatic heterocycles. The van der Waals surface area contributed by atoms with E-state index in [1.54, 1.807) is 17.8 Å². The molecular formula is C16H14BrFN2S. The van der Waals surface area contributed by atoms with Crippen molar-refractivity contribution in [2.45, 2.75) is 18.7 Å². The monoisotopic (exact) mass is 364 g/mol. The summed E-state index contributed by atoms with van der Waals surface area (Å²) in [6.45, 7) is 3.93. The topological polar surface area (TPSA) is 35.8 Å². The Morgan fingerprint density at radius 3 is 2.76 bits per heavy atom. The van der Waals surface area contributed by atoms with Crippen molar-refractivity contribution >= 4 is 39.1 Å². The summed E-state index contributed by atoms with van der Waals surface area (Å²) < 4.78 is 14.1. The lowest BCUT2D eigenvalue weighted by molar-refractivity contribution is 0.621. The number of aryl methyl sites for hydroxylation is 1. The predicted molar refractivity (Wildman–Crippen MR) is 89.7 cm³/mol. The molecule has 0 fully saturated rings. The van der Waals surface area contributed by atoms with Gasteiger partial charge < -0.3 is 5.32 Å². The van der Waals surface area contributed by atoms with Crippen LogP contribution in [0.4, 0.5) is 15.8 Å². The highest BCUT2D eigenvalue weighted by Crippen LogP contribution is 2.32. The molecule has 2 aromatic rings. The van der Waals surface area contributed by atoms with Crippen LogP contribution in [0.3, 0.4) is 0 Å². The quantitative estimate of drug-likeness (QED) is 0.714. The lowest BCUT2D eigenvalue weighted by atomic mass is 10.1. The average molecular weight is 365 g/mol. The molecule has 0 saturated heterocycles. The molecule has 0 unspecified atom stereocenters. The van der Waals surface area contributed by atoms with Crippen molar-refractivity contribution in [2.75, 3.05) is 11.1 Å². The van der Waals surface area contributed by atoms with Gasteiger partial charge >= 0.3 is 0 Å². The molecule has 0 heterocycles. The van der Waals surface area contributed by atoms with Crippen molar-refractivity contribution in [2.24, 2.45) is 0 Å². The Morgan fingerprint density at radius 1 is 1.33 bits per heavy atom. The summed E-state index contributed by atoms with van der Waals surface area (Å²) >= 11 is 4.78. The highest BCUT2D eigenvalue weighted by atomic mass is 79.9. The summed E-state index contributed by atoms with van der Waals surface area (Å²) in [5, 5.41) is 12.5. The van der Waals surface area contributed by atoms with E-state index in [2.05, 4.69) is 27.3 Å². The van der Waals surface area contributed by atoms with Crippen LogP contribution in [0.15, 0.2) is 39.7 Å². The van der Waals surface area contributed by atoms with Gasteiger partial charge in [0.2, 0.25) is 0 Å². The highest BCUT2D eigenvalue weighted by Gasteiger charge is 2.11. The van der Waals surface area contributed by atoms with Crippen molar-refractivity contribution in [3.63, 3.8) is 0 Å². The molecule has 0 aliphatic carbocycles. The molecular weight excluding hydrogens is 351 g/mol. The largest absolute Gasteiger partial charge is 0.354 e. The minimum Gasteiger partial charge on any atom is -0.354 e. The van der Waals surface area contributed by atoms with Crippen molar-refractivity contribution < 1.29 is 4.39 Å². The third-order valence-electron chi connectivity index (χ3n) is 2.97. The number of nitrogens with one attached hydrogen (secondary N) is 1. The maximum Gasteiger partial charge on any atom is 0.139 e. The fourth-order valence-corrected chi connectivity index (χ4v) is 3.20.